The van der Waals surface area contributed by atoms with E-state index in [0.717, 1.165) is 59.4 Å². The van der Waals surface area contributed by atoms with Crippen LogP contribution in [0.15, 0.2) is 176 Å². The summed E-state index contributed by atoms with van der Waals surface area (Å²) >= 11 is 2.90. The average molecular weight is 1560 g/mol. The number of rotatable bonds is 15. The summed E-state index contributed by atoms with van der Waals surface area (Å²) in [6.07, 6.45) is -17.2. The molecular weight excluding hydrogens is 1510 g/mol. The van der Waals surface area contributed by atoms with Crippen molar-refractivity contribution in [2.75, 3.05) is 34.7 Å². The van der Waals surface area contributed by atoms with Crippen molar-refractivity contribution in [2.45, 2.75) is 62.4 Å². The number of alkyl halides is 15. The maximum absolute atomic E-state index is 13.3. The van der Waals surface area contributed by atoms with Crippen LogP contribution >= 0.6 is 15.9 Å². The first-order chi connectivity index (χ1) is 50.0. The lowest BCUT2D eigenvalue weighted by Crippen LogP contribution is -2.12. The number of aryl methyl sites for hydroxylation is 2. The van der Waals surface area contributed by atoms with Crippen molar-refractivity contribution in [3.8, 4) is 0 Å². The summed E-state index contributed by atoms with van der Waals surface area (Å²) in [5.41, 5.74) is 0.983. The monoisotopic (exact) mass is 1560 g/mol. The summed E-state index contributed by atoms with van der Waals surface area (Å²) in [7, 11) is 3.88. The van der Waals surface area contributed by atoms with Gasteiger partial charge in [-0.3, -0.25) is 0 Å². The zero-order valence-electron chi connectivity index (χ0n) is 55.3. The molecule has 3 N–H and O–H groups in total. The van der Waals surface area contributed by atoms with E-state index in [4.69, 9.17) is 5.11 Å². The molecule has 0 aliphatic heterocycles. The lowest BCUT2D eigenvalue weighted by atomic mass is 10.0. The highest BCUT2D eigenvalue weighted by molar-refractivity contribution is 9.08. The van der Waals surface area contributed by atoms with Gasteiger partial charge in [0.15, 0.2) is 0 Å². The van der Waals surface area contributed by atoms with Gasteiger partial charge in [-0.05, 0) is 168 Å². The number of nitrogens with one attached hydrogen (secondary N) is 2. The Balaban J connectivity index is 0.000000173. The molecule has 8 aromatic carbocycles. The molecule has 0 bridgehead atoms. The zero-order valence-corrected chi connectivity index (χ0v) is 56.9. The normalized spacial score (nSPS) is 11.6. The van der Waals surface area contributed by atoms with Crippen LogP contribution in [0, 0.1) is 23.3 Å². The minimum absolute atomic E-state index is 0.0178. The van der Waals surface area contributed by atoms with Crippen LogP contribution in [0.2, 0.25) is 0 Å². The molecule has 4 heterocycles. The molecule has 0 unspecified atom stereocenters. The van der Waals surface area contributed by atoms with E-state index in [0.29, 0.717) is 85.2 Å². The largest absolute Gasteiger partial charge is 0.478 e. The minimum atomic E-state index is -4.73. The second-order valence-electron chi connectivity index (χ2n) is 23.0. The first kappa shape index (κ1) is 80.7. The third kappa shape index (κ3) is 20.3. The number of benzene rings is 8. The highest BCUT2D eigenvalue weighted by Crippen LogP contribution is 2.39. The third-order valence-corrected chi connectivity index (χ3v) is 16.7. The van der Waals surface area contributed by atoms with Gasteiger partial charge < -0.3 is 38.4 Å². The quantitative estimate of drug-likeness (QED) is 0.0396. The zero-order chi connectivity index (χ0) is 77.8. The molecule has 0 spiro atoms. The number of carboxylic acids is 1. The molecule has 4 aromatic heterocycles. The maximum atomic E-state index is 13.3. The number of aromatic carboxylic acids is 1. The first-order valence-electron chi connectivity index (χ1n) is 31.0. The number of carbonyl (C=O) groups is 4. The average Bonchev–Trinajstić information content (AvgIpc) is 1.63. The summed E-state index contributed by atoms with van der Waals surface area (Å²) in [5, 5.41) is 11.9. The van der Waals surface area contributed by atoms with Crippen LogP contribution in [0.5, 0.6) is 0 Å². The molecular formula is C75H57BrF18N4O8. The smallest absolute Gasteiger partial charge is 0.416 e. The molecule has 0 saturated heterocycles. The Morgan fingerprint density at radius 2 is 0.755 bits per heavy atom. The number of aromatic amines is 2. The van der Waals surface area contributed by atoms with Gasteiger partial charge >= 0.3 is 48.6 Å². The highest BCUT2D eigenvalue weighted by atomic mass is 79.9. The predicted octanol–water partition coefficient (Wildman–Crippen LogP) is 20.6. The van der Waals surface area contributed by atoms with Gasteiger partial charge in [-0.2, -0.15) is 52.7 Å². The summed E-state index contributed by atoms with van der Waals surface area (Å²) < 4.78 is 251. The second kappa shape index (κ2) is 34.3. The molecule has 0 aliphatic rings. The Morgan fingerprint density at radius 3 is 1.14 bits per heavy atom. The van der Waals surface area contributed by atoms with E-state index in [2.05, 4.69) is 40.1 Å². The van der Waals surface area contributed by atoms with Crippen molar-refractivity contribution in [1.29, 1.82) is 0 Å². The summed E-state index contributed by atoms with van der Waals surface area (Å²) in [6, 6.07) is 35.9. The van der Waals surface area contributed by atoms with Gasteiger partial charge in [-0.15, -0.1) is 0 Å². The molecule has 106 heavy (non-hydrogen) atoms. The number of carbonyl (C=O) groups excluding carboxylic acids is 3. The molecule has 12 aromatic rings. The second-order valence-corrected chi connectivity index (χ2v) is 23.6. The minimum Gasteiger partial charge on any atom is -0.478 e. The summed E-state index contributed by atoms with van der Waals surface area (Å²) in [5.74, 6) is -6.29. The molecule has 12 nitrogen and oxygen atoms in total. The molecule has 0 radical (unpaired) electrons. The van der Waals surface area contributed by atoms with E-state index < -0.39 is 101 Å². The van der Waals surface area contributed by atoms with Crippen LogP contribution in [-0.2, 0) is 76.6 Å². The van der Waals surface area contributed by atoms with Crippen molar-refractivity contribution in [2.24, 2.45) is 0 Å². The van der Waals surface area contributed by atoms with E-state index in [-0.39, 0.29) is 77.0 Å². The lowest BCUT2D eigenvalue weighted by Gasteiger charge is -2.14. The molecule has 0 atom stereocenters. The van der Waals surface area contributed by atoms with Crippen LogP contribution in [0.1, 0.15) is 103 Å². The Kier molecular flexibility index (Phi) is 26.1. The maximum Gasteiger partial charge on any atom is 0.416 e. The van der Waals surface area contributed by atoms with E-state index in [9.17, 15) is 98.2 Å². The van der Waals surface area contributed by atoms with Crippen molar-refractivity contribution >= 4 is 83.4 Å². The molecule has 31 heteroatoms. The molecule has 0 amide bonds. The Morgan fingerprint density at radius 1 is 0.406 bits per heavy atom. The van der Waals surface area contributed by atoms with Crippen molar-refractivity contribution in [3.63, 3.8) is 0 Å². The molecule has 0 fully saturated rings. The van der Waals surface area contributed by atoms with Crippen molar-refractivity contribution < 1.29 is 118 Å². The van der Waals surface area contributed by atoms with Gasteiger partial charge in [0.05, 0.1) is 78.9 Å². The lowest BCUT2D eigenvalue weighted by molar-refractivity contribution is -0.139. The number of nitrogens with zero attached hydrogens (tertiary/aromatic N) is 2. The Labute approximate surface area is 597 Å². The standard InChI is InChI=1S/C20H16F5NO2.C19H14F5NO2.C18H13F4NO2.C10H9NO2.C8H5BrF4/c1-28-19(27)13-3-5-18-14(8-13)10-16(26(18)7-6-21)9-12-2-4-15(22)11-17(12)20(23,24)25;20-5-6-25-15(9-13-7-12(18(26)27)2-4-17(13)25)8-11-1-3-14(21)10-16(11)19(22,23)24;1-25-17(24)11-3-5-16-12(6-11)8-14(23-16)7-10-2-4-13(19)9-15(10)18(20,21)22;1-13-10(12)8-2-3-9-7(6-8)4-5-11-9;9-4-5-1-2-6(10)3-7(5)8(11,12)13/h2-5,8,10-11H,6-7,9H2,1H3;1-4,7,9-10H,5-6,8H2,(H,26,27);2-6,8-9,23H,7H2,1H3;2-6,11H,1H3;1-3H,4H2. The van der Waals surface area contributed by atoms with Crippen LogP contribution in [-0.4, -0.2) is 82.8 Å². The number of carboxylic acid groups (broad SMARTS) is 1. The van der Waals surface area contributed by atoms with Crippen molar-refractivity contribution in [3.05, 3.63) is 283 Å². The van der Waals surface area contributed by atoms with Crippen LogP contribution in [0.25, 0.3) is 43.6 Å². The van der Waals surface area contributed by atoms with Gasteiger partial charge in [0.25, 0.3) is 0 Å². The molecule has 558 valence electrons. The van der Waals surface area contributed by atoms with Gasteiger partial charge in [0, 0.05) is 91.5 Å². The molecule has 0 saturated carbocycles. The number of halogens is 19. The number of methoxy groups -OCH3 is 3. The first-order valence-corrected chi connectivity index (χ1v) is 32.1. The SMILES string of the molecule is COC(=O)c1ccc2[nH]c(Cc3ccc(F)cc3C(F)(F)F)cc2c1.COC(=O)c1ccc2[nH]ccc2c1.COC(=O)c1ccc2c(c1)cc(Cc1ccc(F)cc1C(F)(F)F)n2CCF.Fc1ccc(CBr)c(C(F)(F)F)c1.O=C(O)c1ccc2c(c1)cc(Cc1ccc(F)cc1C(F)(F)F)n2CCF. The fourth-order valence-electron chi connectivity index (χ4n) is 11.3. The number of hydrogen-bond acceptors (Lipinski definition) is 7. The Hall–Kier alpha value is -11.0. The number of esters is 3. The fourth-order valence-corrected chi connectivity index (χ4v) is 11.8. The Bertz CT molecular complexity index is 5150. The van der Waals surface area contributed by atoms with E-state index >= 15 is 0 Å². The number of fused-ring (bicyclic) bond motifs is 4. The van der Waals surface area contributed by atoms with Crippen LogP contribution < -0.4 is 0 Å². The van der Waals surface area contributed by atoms with E-state index in [1.54, 1.807) is 53.1 Å². The molecule has 0 aliphatic carbocycles. The van der Waals surface area contributed by atoms with Gasteiger partial charge in [-0.25, -0.2) is 45.5 Å². The van der Waals surface area contributed by atoms with Gasteiger partial charge in [0.1, 0.15) is 36.6 Å². The van der Waals surface area contributed by atoms with E-state index in [1.165, 1.54) is 62.3 Å². The summed E-state index contributed by atoms with van der Waals surface area (Å²) in [4.78, 5) is 51.6. The fraction of sp³-hybridized carbons (Fsp3) is 0.200. The van der Waals surface area contributed by atoms with E-state index in [1.807, 2.05) is 18.3 Å². The number of H-pyrrole nitrogens is 2. The summed E-state index contributed by atoms with van der Waals surface area (Å²) in [6.45, 7) is -1.61. The highest BCUT2D eigenvalue weighted by Gasteiger charge is 2.37. The predicted molar refractivity (Wildman–Crippen MR) is 360 cm³/mol. The number of hydrogen-bond donors (Lipinski definition) is 3. The van der Waals surface area contributed by atoms with Crippen molar-refractivity contribution in [1.82, 2.24) is 19.1 Å². The van der Waals surface area contributed by atoms with Gasteiger partial charge in [-0.1, -0.05) is 40.2 Å². The topological polar surface area (TPSA) is 158 Å². The number of ether oxygens (including phenoxy) is 3. The third-order valence-electron chi connectivity index (χ3n) is 16.1. The van der Waals surface area contributed by atoms with Gasteiger partial charge in [0.2, 0.25) is 0 Å². The van der Waals surface area contributed by atoms with Crippen LogP contribution in [0.3, 0.4) is 0 Å². The number of aromatic nitrogens is 4. The molecule has 12 rings (SSSR count). The van der Waals surface area contributed by atoms with Crippen LogP contribution in [0.4, 0.5) is 79.0 Å².